The standard InChI is InChI=1S/C5H4NO/c7-6-4-2-1-3-5-6/h1-4H/q-1/i1D,2D,3D,4D. The summed E-state index contributed by atoms with van der Waals surface area (Å²) in [7, 11) is 0. The van der Waals surface area contributed by atoms with Crippen LogP contribution in [-0.4, -0.2) is 0 Å². The van der Waals surface area contributed by atoms with Gasteiger partial charge in [0.15, 0.2) is 0 Å². The summed E-state index contributed by atoms with van der Waals surface area (Å²) in [4.78, 5) is 0. The van der Waals surface area contributed by atoms with Crippen molar-refractivity contribution in [2.24, 2.45) is 0 Å². The lowest BCUT2D eigenvalue weighted by molar-refractivity contribution is -0.609. The molecular weight excluding hydrogens is 90.1 g/mol. The Kier molecular flexibility index (Phi) is 0.336. The molecule has 0 spiro atoms. The van der Waals surface area contributed by atoms with Gasteiger partial charge in [-0.25, -0.2) is 0 Å². The third-order valence-corrected chi connectivity index (χ3v) is 0.440. The van der Waals surface area contributed by atoms with Gasteiger partial charge >= 0.3 is 0 Å². The van der Waals surface area contributed by atoms with Crippen molar-refractivity contribution in [1.82, 2.24) is 0 Å². The molecule has 0 amide bonds. The lowest BCUT2D eigenvalue weighted by atomic mass is 10.5. The fourth-order valence-electron chi connectivity index (χ4n) is 0.217. The van der Waals surface area contributed by atoms with Crippen LogP contribution >= 0.6 is 0 Å². The predicted octanol–water partition coefficient (Wildman–Crippen LogP) is 0.120. The maximum atomic E-state index is 10.6. The van der Waals surface area contributed by atoms with E-state index < -0.39 is 24.3 Å². The lowest BCUT2D eigenvalue weighted by Gasteiger charge is -1.96. The minimum Gasteiger partial charge on any atom is -0.641 e. The molecule has 1 aromatic heterocycles. The van der Waals surface area contributed by atoms with E-state index in [2.05, 4.69) is 0 Å². The van der Waals surface area contributed by atoms with Gasteiger partial charge in [0.05, 0.1) is 7.54 Å². The molecule has 1 aromatic rings. The zero-order chi connectivity index (χ0) is 8.59. The lowest BCUT2D eigenvalue weighted by Crippen LogP contribution is -2.23. The molecule has 0 unspecified atom stereocenters. The molecule has 0 atom stereocenters. The van der Waals surface area contributed by atoms with E-state index in [-0.39, 0.29) is 4.73 Å². The molecule has 2 nitrogen and oxygen atoms in total. The van der Waals surface area contributed by atoms with Crippen LogP contribution in [0, 0.1) is 11.4 Å². The number of aromatic nitrogens is 1. The van der Waals surface area contributed by atoms with Crippen molar-refractivity contribution in [1.29, 1.82) is 0 Å². The highest BCUT2D eigenvalue weighted by Gasteiger charge is 1.65. The molecule has 0 saturated carbocycles. The van der Waals surface area contributed by atoms with Crippen LogP contribution in [0.1, 0.15) is 5.48 Å². The number of pyridine rings is 1. The van der Waals surface area contributed by atoms with Crippen LogP contribution in [0.25, 0.3) is 0 Å². The second-order valence-corrected chi connectivity index (χ2v) is 0.893. The van der Waals surface area contributed by atoms with E-state index in [1.165, 1.54) is 0 Å². The first-order valence-electron chi connectivity index (χ1n) is 3.63. The van der Waals surface area contributed by atoms with Gasteiger partial charge in [-0.05, 0) is 1.37 Å². The van der Waals surface area contributed by atoms with Gasteiger partial charge in [0.25, 0.3) is 0 Å². The molecule has 0 aliphatic carbocycles. The number of hydrogen-bond donors (Lipinski definition) is 0. The van der Waals surface area contributed by atoms with Gasteiger partial charge in [-0.1, -0.05) is 0 Å². The maximum absolute atomic E-state index is 10.6. The topological polar surface area (TPSA) is 26.9 Å². The molecule has 0 N–H and O–H groups in total. The van der Waals surface area contributed by atoms with Crippen LogP contribution in [0.4, 0.5) is 0 Å². The predicted molar refractivity (Wildman–Crippen MR) is 24.2 cm³/mol. The smallest absolute Gasteiger partial charge is 0.125 e. The average Bonchev–Trinajstić information content (AvgIpc) is 1.97. The molecule has 0 radical (unpaired) electrons. The second-order valence-electron chi connectivity index (χ2n) is 0.893. The minimum atomic E-state index is -0.647. The Hall–Kier alpha value is -1.05. The van der Waals surface area contributed by atoms with Crippen molar-refractivity contribution in [2.45, 2.75) is 0 Å². The third-order valence-electron chi connectivity index (χ3n) is 0.440. The molecule has 0 aromatic carbocycles. The van der Waals surface area contributed by atoms with Crippen molar-refractivity contribution >= 4 is 0 Å². The summed E-state index contributed by atoms with van der Waals surface area (Å²) in [5, 5.41) is 10.6. The van der Waals surface area contributed by atoms with Gasteiger partial charge in [-0.15, -0.1) is 12.1 Å². The molecule has 0 saturated heterocycles. The van der Waals surface area contributed by atoms with Crippen molar-refractivity contribution in [2.75, 3.05) is 0 Å². The van der Waals surface area contributed by atoms with Crippen LogP contribution in [0.15, 0.2) is 24.3 Å². The van der Waals surface area contributed by atoms with Crippen molar-refractivity contribution in [3.8, 4) is 0 Å². The normalized spacial score (nSPS) is 16.6. The molecule has 0 bridgehead atoms. The Labute approximate surface area is 47.2 Å². The Balaban J connectivity index is 3.46. The zero-order valence-electron chi connectivity index (χ0n) is 7.36. The Morgan fingerprint density at radius 1 is 1.71 bits per heavy atom. The highest BCUT2D eigenvalue weighted by atomic mass is 16.5. The summed E-state index contributed by atoms with van der Waals surface area (Å²) in [6.45, 7) is 0. The summed E-state index contributed by atoms with van der Waals surface area (Å²) in [5.41, 5.74) is 0. The minimum absolute atomic E-state index is 0.0251. The first-order valence-corrected chi connectivity index (χ1v) is 1.63. The number of rotatable bonds is 0. The summed E-state index contributed by atoms with van der Waals surface area (Å²) in [6.07, 6.45) is 1.23. The molecular formula is C5H4NO-. The highest BCUT2D eigenvalue weighted by Crippen LogP contribution is 1.71. The van der Waals surface area contributed by atoms with Gasteiger partial charge in [-0.3, -0.25) is 4.73 Å². The highest BCUT2D eigenvalue weighted by molar-refractivity contribution is 4.82. The fraction of sp³-hybridized carbons (Fsp3) is 0. The van der Waals surface area contributed by atoms with Gasteiger partial charge in [0.2, 0.25) is 0 Å². The van der Waals surface area contributed by atoms with Crippen LogP contribution < -0.4 is 4.73 Å². The monoisotopic (exact) mass is 98.1 g/mol. The Bertz CT molecular complexity index is 275. The first kappa shape index (κ1) is 1.47. The Morgan fingerprint density at radius 2 is 2.57 bits per heavy atom. The van der Waals surface area contributed by atoms with E-state index in [1.807, 2.05) is 6.20 Å². The average molecular weight is 98.1 g/mol. The molecule has 36 valence electrons. The number of nitrogens with zero attached hydrogens (tertiary/aromatic N) is 1. The molecule has 0 aliphatic rings. The van der Waals surface area contributed by atoms with Gasteiger partial charge in [-0.2, -0.15) is 6.04 Å². The summed E-state index contributed by atoms with van der Waals surface area (Å²) >= 11 is 0. The molecule has 7 heavy (non-hydrogen) atoms. The van der Waals surface area contributed by atoms with E-state index in [4.69, 9.17) is 5.48 Å². The van der Waals surface area contributed by atoms with Crippen LogP contribution in [0.5, 0.6) is 0 Å². The van der Waals surface area contributed by atoms with E-state index in [9.17, 15) is 5.21 Å². The van der Waals surface area contributed by atoms with Gasteiger partial charge < -0.3 is 5.21 Å². The SMILES string of the molecule is [2H]c1[c-][n+]([O-])c([2H])c([2H])c1[2H]. The van der Waals surface area contributed by atoms with Gasteiger partial charge in [0.1, 0.15) is 6.20 Å². The van der Waals surface area contributed by atoms with E-state index >= 15 is 0 Å². The van der Waals surface area contributed by atoms with Crippen molar-refractivity contribution < 1.29 is 10.2 Å². The molecule has 0 aliphatic heterocycles. The summed E-state index contributed by atoms with van der Waals surface area (Å²) in [6, 6.07) is -1.44. The summed E-state index contributed by atoms with van der Waals surface area (Å²) < 4.78 is 27.8. The zero-order valence-corrected chi connectivity index (χ0v) is 3.36. The fourth-order valence-corrected chi connectivity index (χ4v) is 0.217. The first-order chi connectivity index (χ1) is 5.04. The van der Waals surface area contributed by atoms with Crippen LogP contribution in [0.3, 0.4) is 0 Å². The van der Waals surface area contributed by atoms with Crippen molar-refractivity contribution in [3.05, 3.63) is 35.7 Å². The Morgan fingerprint density at radius 3 is 3.43 bits per heavy atom. The van der Waals surface area contributed by atoms with Crippen LogP contribution in [0.2, 0.25) is 0 Å². The quantitative estimate of drug-likeness (QED) is 0.257. The largest absolute Gasteiger partial charge is 0.641 e. The van der Waals surface area contributed by atoms with Crippen molar-refractivity contribution in [3.63, 3.8) is 0 Å². The maximum Gasteiger partial charge on any atom is 0.125 e. The second kappa shape index (κ2) is 1.60. The van der Waals surface area contributed by atoms with E-state index in [0.29, 0.717) is 0 Å². The van der Waals surface area contributed by atoms with E-state index in [0.717, 1.165) is 0 Å². The third kappa shape index (κ3) is 0.892. The van der Waals surface area contributed by atoms with Gasteiger partial charge in [0, 0.05) is 2.74 Å². The van der Waals surface area contributed by atoms with E-state index in [1.54, 1.807) is 0 Å². The number of hydrogen-bond acceptors (Lipinski definition) is 1. The molecule has 1 rings (SSSR count). The molecule has 0 fully saturated rings. The molecule has 2 heteroatoms. The van der Waals surface area contributed by atoms with Crippen LogP contribution in [-0.2, 0) is 0 Å². The summed E-state index contributed by atoms with van der Waals surface area (Å²) in [5.74, 6) is 0. The molecule has 1 heterocycles.